The maximum Gasteiger partial charge on any atom is 0.267 e. The Morgan fingerprint density at radius 3 is 2.74 bits per heavy atom. The first-order valence-electron chi connectivity index (χ1n) is 5.47. The van der Waals surface area contributed by atoms with E-state index in [0.29, 0.717) is 16.5 Å². The fraction of sp³-hybridized carbons (Fsp3) is 0.0769. The van der Waals surface area contributed by atoms with Crippen molar-refractivity contribution in [2.24, 2.45) is 5.73 Å². The van der Waals surface area contributed by atoms with Crippen LogP contribution in [0.2, 0.25) is 5.02 Å². The van der Waals surface area contributed by atoms with Crippen LogP contribution in [0.3, 0.4) is 0 Å². The molecule has 0 aliphatic heterocycles. The number of ether oxygens (including phenoxy) is 1. The second-order valence-corrected chi connectivity index (χ2v) is 4.40. The molecule has 0 atom stereocenters. The zero-order valence-electron chi connectivity index (χ0n) is 10.2. The van der Waals surface area contributed by atoms with Crippen molar-refractivity contribution >= 4 is 23.2 Å². The summed E-state index contributed by atoms with van der Waals surface area (Å²) in [5.74, 6) is -0.133. The zero-order chi connectivity index (χ0) is 14.0. The predicted octanol–water partition coefficient (Wildman–Crippen LogP) is 2.52. The van der Waals surface area contributed by atoms with Crippen molar-refractivity contribution in [3.8, 4) is 11.6 Å². The Kier molecular flexibility index (Phi) is 3.57. The normalized spacial score (nSPS) is 10.2. The lowest BCUT2D eigenvalue weighted by Gasteiger charge is -2.10. The van der Waals surface area contributed by atoms with Crippen LogP contribution in [0.1, 0.15) is 16.1 Å². The number of carbonyl (C=O) groups is 1. The van der Waals surface area contributed by atoms with Gasteiger partial charge in [0, 0.05) is 0 Å². The molecule has 0 aliphatic rings. The van der Waals surface area contributed by atoms with Gasteiger partial charge in [-0.1, -0.05) is 17.7 Å². The second kappa shape index (κ2) is 5.16. The summed E-state index contributed by atoms with van der Waals surface area (Å²) >= 11 is 6.02. The van der Waals surface area contributed by atoms with E-state index in [9.17, 15) is 4.79 Å². The molecule has 1 amide bonds. The quantitative estimate of drug-likeness (QED) is 0.902. The van der Waals surface area contributed by atoms with E-state index in [2.05, 4.69) is 4.98 Å². The monoisotopic (exact) mass is 277 g/mol. The van der Waals surface area contributed by atoms with E-state index in [1.165, 1.54) is 12.1 Å². The third-order valence-corrected chi connectivity index (χ3v) is 2.75. The molecule has 2 aromatic rings. The molecule has 0 bridgehead atoms. The molecule has 0 aliphatic carbocycles. The Bertz CT molecular complexity index is 644. The van der Waals surface area contributed by atoms with Crippen LogP contribution in [0.5, 0.6) is 11.6 Å². The number of aryl methyl sites for hydroxylation is 1. The first-order chi connectivity index (χ1) is 8.97. The van der Waals surface area contributed by atoms with E-state index in [0.717, 1.165) is 5.56 Å². The lowest BCUT2D eigenvalue weighted by Crippen LogP contribution is -2.13. The number of rotatable bonds is 3. The highest BCUT2D eigenvalue weighted by atomic mass is 35.5. The molecule has 1 aromatic carbocycles. The van der Waals surface area contributed by atoms with E-state index >= 15 is 0 Å². The van der Waals surface area contributed by atoms with Gasteiger partial charge in [0.05, 0.1) is 10.7 Å². The summed E-state index contributed by atoms with van der Waals surface area (Å²) in [5, 5.41) is 0.427. The minimum Gasteiger partial charge on any atom is -0.435 e. The molecule has 0 radical (unpaired) electrons. The molecule has 98 valence electrons. The van der Waals surface area contributed by atoms with Gasteiger partial charge in [0.25, 0.3) is 5.91 Å². The first-order valence-corrected chi connectivity index (χ1v) is 5.85. The number of hydrogen-bond acceptors (Lipinski definition) is 4. The van der Waals surface area contributed by atoms with Crippen LogP contribution >= 0.6 is 11.6 Å². The molecule has 0 spiro atoms. The van der Waals surface area contributed by atoms with Crippen molar-refractivity contribution in [2.45, 2.75) is 6.92 Å². The van der Waals surface area contributed by atoms with Gasteiger partial charge in [-0.15, -0.1) is 0 Å². The molecular formula is C13H12ClN3O2. The predicted molar refractivity (Wildman–Crippen MR) is 73.4 cm³/mol. The van der Waals surface area contributed by atoms with Crippen molar-refractivity contribution in [2.75, 3.05) is 5.73 Å². The Morgan fingerprint density at radius 1 is 1.32 bits per heavy atom. The number of pyridine rings is 1. The Morgan fingerprint density at radius 2 is 2.05 bits per heavy atom. The highest BCUT2D eigenvalue weighted by Crippen LogP contribution is 2.31. The molecule has 0 saturated heterocycles. The van der Waals surface area contributed by atoms with Gasteiger partial charge in [0.1, 0.15) is 11.4 Å². The third-order valence-electron chi connectivity index (χ3n) is 2.44. The molecule has 2 rings (SSSR count). The van der Waals surface area contributed by atoms with Crippen LogP contribution in [0, 0.1) is 6.92 Å². The second-order valence-electron chi connectivity index (χ2n) is 3.99. The van der Waals surface area contributed by atoms with E-state index < -0.39 is 5.91 Å². The highest BCUT2D eigenvalue weighted by molar-refractivity contribution is 6.32. The van der Waals surface area contributed by atoms with Crippen molar-refractivity contribution < 1.29 is 9.53 Å². The van der Waals surface area contributed by atoms with E-state index in [1.807, 2.05) is 13.0 Å². The van der Waals surface area contributed by atoms with Crippen LogP contribution in [-0.4, -0.2) is 10.9 Å². The van der Waals surface area contributed by atoms with Gasteiger partial charge in [-0.05, 0) is 36.8 Å². The van der Waals surface area contributed by atoms with E-state index in [-0.39, 0.29) is 11.6 Å². The first kappa shape index (κ1) is 13.2. The number of aromatic nitrogens is 1. The third kappa shape index (κ3) is 2.95. The lowest BCUT2D eigenvalue weighted by atomic mass is 10.2. The number of primary amides is 1. The number of nitrogens with zero attached hydrogens (tertiary/aromatic N) is 1. The summed E-state index contributed by atoms with van der Waals surface area (Å²) < 4.78 is 5.54. The molecule has 0 unspecified atom stereocenters. The summed E-state index contributed by atoms with van der Waals surface area (Å²) in [6.07, 6.45) is 0. The molecule has 0 saturated carbocycles. The number of nitrogen functional groups attached to an aromatic ring is 1. The average molecular weight is 278 g/mol. The zero-order valence-corrected chi connectivity index (χ0v) is 10.9. The van der Waals surface area contributed by atoms with Gasteiger partial charge in [0.15, 0.2) is 0 Å². The Balaban J connectivity index is 2.40. The highest BCUT2D eigenvalue weighted by Gasteiger charge is 2.11. The fourth-order valence-corrected chi connectivity index (χ4v) is 1.62. The summed E-state index contributed by atoms with van der Waals surface area (Å²) in [6.45, 7) is 1.90. The maximum atomic E-state index is 11.1. The molecule has 1 heterocycles. The summed E-state index contributed by atoms with van der Waals surface area (Å²) in [7, 11) is 0. The van der Waals surface area contributed by atoms with Crippen LogP contribution in [0.4, 0.5) is 5.69 Å². The van der Waals surface area contributed by atoms with Gasteiger partial charge in [-0.25, -0.2) is 4.98 Å². The molecule has 4 N–H and O–H groups in total. The number of carbonyl (C=O) groups excluding carboxylic acids is 1. The van der Waals surface area contributed by atoms with Gasteiger partial charge in [0.2, 0.25) is 5.88 Å². The van der Waals surface area contributed by atoms with Crippen LogP contribution in [0.15, 0.2) is 30.3 Å². The topological polar surface area (TPSA) is 91.2 Å². The number of nitrogens with two attached hydrogens (primary N) is 2. The fourth-order valence-electron chi connectivity index (χ4n) is 1.46. The smallest absolute Gasteiger partial charge is 0.267 e. The maximum absolute atomic E-state index is 11.1. The average Bonchev–Trinajstić information content (AvgIpc) is 2.36. The molecule has 5 nitrogen and oxygen atoms in total. The number of amides is 1. The number of benzene rings is 1. The SMILES string of the molecule is Cc1ccc(Cl)c(Oc2nc(C(N)=O)ccc2N)c1. The van der Waals surface area contributed by atoms with Crippen molar-refractivity contribution in [1.29, 1.82) is 0 Å². The van der Waals surface area contributed by atoms with E-state index in [1.54, 1.807) is 12.1 Å². The molecule has 19 heavy (non-hydrogen) atoms. The largest absolute Gasteiger partial charge is 0.435 e. The van der Waals surface area contributed by atoms with Crippen LogP contribution in [0.25, 0.3) is 0 Å². The van der Waals surface area contributed by atoms with Crippen molar-refractivity contribution in [1.82, 2.24) is 4.98 Å². The van der Waals surface area contributed by atoms with E-state index in [4.69, 9.17) is 27.8 Å². The Hall–Kier alpha value is -2.27. The summed E-state index contributed by atoms with van der Waals surface area (Å²) in [5.41, 5.74) is 12.2. The van der Waals surface area contributed by atoms with Gasteiger partial charge in [-0.2, -0.15) is 0 Å². The number of anilines is 1. The Labute approximate surface area is 115 Å². The minimum absolute atomic E-state index is 0.0768. The number of halogens is 1. The number of hydrogen-bond donors (Lipinski definition) is 2. The lowest BCUT2D eigenvalue weighted by molar-refractivity contribution is 0.0995. The molecule has 6 heteroatoms. The molecule has 1 aromatic heterocycles. The van der Waals surface area contributed by atoms with Crippen LogP contribution in [-0.2, 0) is 0 Å². The molecular weight excluding hydrogens is 266 g/mol. The molecule has 0 fully saturated rings. The van der Waals surface area contributed by atoms with Crippen LogP contribution < -0.4 is 16.2 Å². The standard InChI is InChI=1S/C13H12ClN3O2/c1-7-2-3-8(14)11(6-7)19-13-9(15)4-5-10(17-13)12(16)18/h2-6H,15H2,1H3,(H2,16,18). The van der Waals surface area contributed by atoms with Gasteiger partial charge in [-0.3, -0.25) is 4.79 Å². The van der Waals surface area contributed by atoms with Gasteiger partial charge < -0.3 is 16.2 Å². The van der Waals surface area contributed by atoms with Crippen molar-refractivity contribution in [3.05, 3.63) is 46.6 Å². The summed E-state index contributed by atoms with van der Waals surface area (Å²) in [6, 6.07) is 8.25. The van der Waals surface area contributed by atoms with Gasteiger partial charge >= 0.3 is 0 Å². The summed E-state index contributed by atoms with van der Waals surface area (Å²) in [4.78, 5) is 15.0. The van der Waals surface area contributed by atoms with Crippen molar-refractivity contribution in [3.63, 3.8) is 0 Å². The minimum atomic E-state index is -0.653.